The first-order valence-corrected chi connectivity index (χ1v) is 6.44. The fourth-order valence-corrected chi connectivity index (χ4v) is 2.19. The van der Waals surface area contributed by atoms with Crippen LogP contribution in [0.3, 0.4) is 0 Å². The molecule has 18 heavy (non-hydrogen) atoms. The minimum absolute atomic E-state index is 0.0300. The van der Waals surface area contributed by atoms with Crippen LogP contribution in [0.25, 0.3) is 0 Å². The number of amides is 2. The lowest BCUT2D eigenvalue weighted by Gasteiger charge is -2.35. The van der Waals surface area contributed by atoms with E-state index < -0.39 is 0 Å². The molecule has 2 atom stereocenters. The number of carbonyl (C=O) groups is 1. The van der Waals surface area contributed by atoms with E-state index in [-0.39, 0.29) is 12.1 Å². The number of hydrogen-bond acceptors (Lipinski definition) is 2. The molecule has 1 fully saturated rings. The molecule has 2 rings (SSSR count). The van der Waals surface area contributed by atoms with E-state index in [1.165, 1.54) is 5.56 Å². The molecule has 4 nitrogen and oxygen atoms in total. The maximum atomic E-state index is 12.1. The van der Waals surface area contributed by atoms with Crippen LogP contribution in [0.1, 0.15) is 18.9 Å². The van der Waals surface area contributed by atoms with Gasteiger partial charge in [-0.05, 0) is 31.4 Å². The van der Waals surface area contributed by atoms with Crippen LogP contribution in [0.2, 0.25) is 0 Å². The summed E-state index contributed by atoms with van der Waals surface area (Å²) >= 11 is 0. The average molecular weight is 247 g/mol. The molecule has 1 aliphatic rings. The number of carbonyl (C=O) groups excluding carboxylic acids is 1. The number of nitrogens with zero attached hydrogens (tertiary/aromatic N) is 1. The molecule has 0 radical (unpaired) electrons. The first-order valence-electron chi connectivity index (χ1n) is 6.44. The number of aryl methyl sites for hydroxylation is 1. The zero-order chi connectivity index (χ0) is 13.1. The molecule has 98 valence electrons. The molecule has 0 aliphatic carbocycles. The molecular formula is C14H21N3O. The van der Waals surface area contributed by atoms with Gasteiger partial charge in [0.05, 0.1) is 0 Å². The van der Waals surface area contributed by atoms with Gasteiger partial charge in [-0.3, -0.25) is 0 Å². The molecule has 2 unspecified atom stereocenters. The van der Waals surface area contributed by atoms with Crippen molar-refractivity contribution in [2.75, 3.05) is 18.4 Å². The number of likely N-dealkylation sites (tertiary alicyclic amines) is 1. The van der Waals surface area contributed by atoms with Crippen LogP contribution in [-0.2, 0) is 0 Å². The molecule has 4 heteroatoms. The van der Waals surface area contributed by atoms with Gasteiger partial charge in [-0.1, -0.05) is 24.6 Å². The number of anilines is 1. The Morgan fingerprint density at radius 1 is 1.39 bits per heavy atom. The van der Waals surface area contributed by atoms with Crippen LogP contribution in [0.15, 0.2) is 24.3 Å². The quantitative estimate of drug-likeness (QED) is 0.799. The van der Waals surface area contributed by atoms with E-state index in [0.717, 1.165) is 25.2 Å². The lowest BCUT2D eigenvalue weighted by Crippen LogP contribution is -2.49. The number of rotatable bonds is 1. The van der Waals surface area contributed by atoms with Crippen molar-refractivity contribution in [2.24, 2.45) is 11.7 Å². The molecule has 1 aliphatic heterocycles. The monoisotopic (exact) mass is 247 g/mol. The van der Waals surface area contributed by atoms with Gasteiger partial charge in [-0.2, -0.15) is 0 Å². The lowest BCUT2D eigenvalue weighted by molar-refractivity contribution is 0.172. The standard InChI is InChI=1S/C14H21N3O/c1-10-3-5-12(6-4-10)16-14(18)17-8-7-13(15)11(2)9-17/h3-6,11,13H,7-9,15H2,1-2H3,(H,16,18). The molecule has 0 saturated carbocycles. The highest BCUT2D eigenvalue weighted by molar-refractivity contribution is 5.89. The Morgan fingerprint density at radius 2 is 2.06 bits per heavy atom. The molecule has 1 heterocycles. The summed E-state index contributed by atoms with van der Waals surface area (Å²) in [5.74, 6) is 0.363. The van der Waals surface area contributed by atoms with Crippen LogP contribution >= 0.6 is 0 Å². The molecule has 1 aromatic rings. The first kappa shape index (κ1) is 12.9. The second kappa shape index (κ2) is 5.40. The zero-order valence-electron chi connectivity index (χ0n) is 11.0. The first-order chi connectivity index (χ1) is 8.56. The minimum atomic E-state index is -0.0300. The van der Waals surface area contributed by atoms with Crippen LogP contribution in [0, 0.1) is 12.8 Å². The normalized spacial score (nSPS) is 23.8. The van der Waals surface area contributed by atoms with Crippen molar-refractivity contribution in [1.29, 1.82) is 0 Å². The Morgan fingerprint density at radius 3 is 2.67 bits per heavy atom. The number of hydrogen-bond donors (Lipinski definition) is 2. The Kier molecular flexibility index (Phi) is 3.87. The SMILES string of the molecule is Cc1ccc(NC(=O)N2CCC(N)C(C)C2)cc1. The number of piperidine rings is 1. The van der Waals surface area contributed by atoms with Crippen molar-refractivity contribution in [3.63, 3.8) is 0 Å². The van der Waals surface area contributed by atoms with Gasteiger partial charge in [0.15, 0.2) is 0 Å². The highest BCUT2D eigenvalue weighted by Crippen LogP contribution is 2.16. The lowest BCUT2D eigenvalue weighted by atomic mass is 9.95. The third-order valence-electron chi connectivity index (χ3n) is 3.56. The highest BCUT2D eigenvalue weighted by atomic mass is 16.2. The van der Waals surface area contributed by atoms with Gasteiger partial charge in [0.1, 0.15) is 0 Å². The maximum Gasteiger partial charge on any atom is 0.321 e. The van der Waals surface area contributed by atoms with E-state index in [1.54, 1.807) is 0 Å². The van der Waals surface area contributed by atoms with E-state index in [1.807, 2.05) is 36.1 Å². The van der Waals surface area contributed by atoms with Gasteiger partial charge >= 0.3 is 6.03 Å². The minimum Gasteiger partial charge on any atom is -0.327 e. The highest BCUT2D eigenvalue weighted by Gasteiger charge is 2.26. The molecule has 3 N–H and O–H groups in total. The summed E-state index contributed by atoms with van der Waals surface area (Å²) in [6.07, 6.45) is 0.877. The fraction of sp³-hybridized carbons (Fsp3) is 0.500. The van der Waals surface area contributed by atoms with Crippen molar-refractivity contribution in [1.82, 2.24) is 4.90 Å². The van der Waals surface area contributed by atoms with Gasteiger partial charge in [0, 0.05) is 24.8 Å². The second-order valence-corrected chi connectivity index (χ2v) is 5.17. The van der Waals surface area contributed by atoms with Crippen LogP contribution in [0.5, 0.6) is 0 Å². The van der Waals surface area contributed by atoms with Crippen molar-refractivity contribution >= 4 is 11.7 Å². The fourth-order valence-electron chi connectivity index (χ4n) is 2.19. The second-order valence-electron chi connectivity index (χ2n) is 5.17. The summed E-state index contributed by atoms with van der Waals surface area (Å²) in [6, 6.07) is 8.01. The van der Waals surface area contributed by atoms with Crippen LogP contribution in [0.4, 0.5) is 10.5 Å². The molecule has 1 saturated heterocycles. The largest absolute Gasteiger partial charge is 0.327 e. The van der Waals surface area contributed by atoms with Crippen LogP contribution in [-0.4, -0.2) is 30.1 Å². The smallest absolute Gasteiger partial charge is 0.321 e. The number of nitrogens with two attached hydrogens (primary N) is 1. The Bertz CT molecular complexity index is 416. The van der Waals surface area contributed by atoms with Gasteiger partial charge < -0.3 is 16.0 Å². The van der Waals surface area contributed by atoms with Crippen molar-refractivity contribution in [3.05, 3.63) is 29.8 Å². The molecule has 0 spiro atoms. The predicted octanol–water partition coefficient (Wildman–Crippen LogP) is 2.20. The van der Waals surface area contributed by atoms with Crippen molar-refractivity contribution in [2.45, 2.75) is 26.3 Å². The molecular weight excluding hydrogens is 226 g/mol. The number of benzene rings is 1. The predicted molar refractivity (Wildman–Crippen MR) is 73.5 cm³/mol. The van der Waals surface area contributed by atoms with Crippen molar-refractivity contribution < 1.29 is 4.79 Å². The van der Waals surface area contributed by atoms with E-state index in [9.17, 15) is 4.79 Å². The van der Waals surface area contributed by atoms with Gasteiger partial charge in [0.2, 0.25) is 0 Å². The molecule has 0 aromatic heterocycles. The topological polar surface area (TPSA) is 58.4 Å². The Hall–Kier alpha value is -1.55. The molecule has 2 amide bonds. The van der Waals surface area contributed by atoms with E-state index >= 15 is 0 Å². The maximum absolute atomic E-state index is 12.1. The summed E-state index contributed by atoms with van der Waals surface area (Å²) < 4.78 is 0. The molecule has 0 bridgehead atoms. The third-order valence-corrected chi connectivity index (χ3v) is 3.56. The van der Waals surface area contributed by atoms with Gasteiger partial charge in [-0.15, -0.1) is 0 Å². The zero-order valence-corrected chi connectivity index (χ0v) is 11.0. The summed E-state index contributed by atoms with van der Waals surface area (Å²) in [5, 5.41) is 2.92. The van der Waals surface area contributed by atoms with E-state index in [2.05, 4.69) is 12.2 Å². The number of nitrogens with one attached hydrogen (secondary N) is 1. The number of urea groups is 1. The molecule has 1 aromatic carbocycles. The Balaban J connectivity index is 1.94. The van der Waals surface area contributed by atoms with Crippen molar-refractivity contribution in [3.8, 4) is 0 Å². The summed E-state index contributed by atoms with van der Waals surface area (Å²) in [4.78, 5) is 13.9. The average Bonchev–Trinajstić information content (AvgIpc) is 2.35. The van der Waals surface area contributed by atoms with Gasteiger partial charge in [-0.25, -0.2) is 4.79 Å². The van der Waals surface area contributed by atoms with Crippen LogP contribution < -0.4 is 11.1 Å². The Labute approximate surface area is 108 Å². The van der Waals surface area contributed by atoms with E-state index in [4.69, 9.17) is 5.73 Å². The summed E-state index contributed by atoms with van der Waals surface area (Å²) in [5.41, 5.74) is 7.98. The van der Waals surface area contributed by atoms with E-state index in [0.29, 0.717) is 5.92 Å². The van der Waals surface area contributed by atoms with Gasteiger partial charge in [0.25, 0.3) is 0 Å². The third kappa shape index (κ3) is 3.01. The summed E-state index contributed by atoms with van der Waals surface area (Å²) in [6.45, 7) is 5.59. The summed E-state index contributed by atoms with van der Waals surface area (Å²) in [7, 11) is 0.